The Hall–Kier alpha value is -1.59. The van der Waals surface area contributed by atoms with Gasteiger partial charge in [0.25, 0.3) is 0 Å². The van der Waals surface area contributed by atoms with Crippen molar-refractivity contribution in [1.82, 2.24) is 10.2 Å². The van der Waals surface area contributed by atoms with Gasteiger partial charge in [-0.05, 0) is 63.9 Å². The van der Waals surface area contributed by atoms with Crippen molar-refractivity contribution in [3.8, 4) is 5.75 Å². The summed E-state index contributed by atoms with van der Waals surface area (Å²) in [5, 5.41) is 3.19. The summed E-state index contributed by atoms with van der Waals surface area (Å²) in [4.78, 5) is 26.1. The predicted molar refractivity (Wildman–Crippen MR) is 102 cm³/mol. The van der Waals surface area contributed by atoms with Crippen molar-refractivity contribution >= 4 is 24.1 Å². The number of nitrogens with one attached hydrogen (secondary N) is 1. The highest BCUT2D eigenvalue weighted by molar-refractivity contribution is 5.94. The lowest BCUT2D eigenvalue weighted by molar-refractivity contribution is -0.131. The summed E-state index contributed by atoms with van der Waals surface area (Å²) in [6, 6.07) is 5.28. The van der Waals surface area contributed by atoms with Crippen LogP contribution in [-0.4, -0.2) is 50.4 Å². The van der Waals surface area contributed by atoms with Gasteiger partial charge in [0.2, 0.25) is 5.91 Å². The van der Waals surface area contributed by atoms with Crippen molar-refractivity contribution in [3.63, 3.8) is 0 Å². The van der Waals surface area contributed by atoms with Gasteiger partial charge in [-0.1, -0.05) is 0 Å². The van der Waals surface area contributed by atoms with Crippen LogP contribution in [0.4, 0.5) is 0 Å². The summed E-state index contributed by atoms with van der Waals surface area (Å²) in [6.07, 6.45) is 3.59. The van der Waals surface area contributed by atoms with E-state index in [4.69, 9.17) is 4.74 Å². The largest absolute Gasteiger partial charge is 0.496 e. The van der Waals surface area contributed by atoms with Crippen LogP contribution in [0, 0.1) is 5.92 Å². The lowest BCUT2D eigenvalue weighted by Crippen LogP contribution is -2.39. The van der Waals surface area contributed by atoms with Crippen LogP contribution < -0.4 is 10.1 Å². The Kier molecular flexibility index (Phi) is 8.93. The van der Waals surface area contributed by atoms with Crippen LogP contribution in [0.15, 0.2) is 18.2 Å². The summed E-state index contributed by atoms with van der Waals surface area (Å²) < 4.78 is 5.34. The molecule has 1 heterocycles. The van der Waals surface area contributed by atoms with Crippen molar-refractivity contribution in [2.24, 2.45) is 5.92 Å². The molecule has 1 amide bonds. The minimum atomic E-state index is -0.00306. The van der Waals surface area contributed by atoms with Gasteiger partial charge in [-0.2, -0.15) is 0 Å². The first-order valence-electron chi connectivity index (χ1n) is 8.65. The average Bonchev–Trinajstić information content (AvgIpc) is 2.60. The number of amides is 1. The molecule has 140 valence electrons. The Balaban J connectivity index is 0.00000312. The van der Waals surface area contributed by atoms with Gasteiger partial charge in [0.1, 0.15) is 5.75 Å². The topological polar surface area (TPSA) is 58.6 Å². The molecule has 0 radical (unpaired) electrons. The lowest BCUT2D eigenvalue weighted by atomic mass is 9.93. The van der Waals surface area contributed by atoms with E-state index in [1.165, 1.54) is 13.3 Å². The maximum atomic E-state index is 12.6. The van der Waals surface area contributed by atoms with Gasteiger partial charge < -0.3 is 15.0 Å². The maximum Gasteiger partial charge on any atom is 0.227 e. The third kappa shape index (κ3) is 6.01. The normalized spacial score (nSPS) is 14.8. The first-order chi connectivity index (χ1) is 11.5. The van der Waals surface area contributed by atoms with Crippen molar-refractivity contribution in [3.05, 3.63) is 29.3 Å². The summed E-state index contributed by atoms with van der Waals surface area (Å²) in [7, 11) is 3.56. The second kappa shape index (κ2) is 10.4. The number of carbonyl (C=O) groups is 2. The number of likely N-dealkylation sites (tertiary alicyclic amines) is 1. The molecule has 0 spiro atoms. The van der Waals surface area contributed by atoms with E-state index in [-0.39, 0.29) is 30.5 Å². The zero-order valence-corrected chi connectivity index (χ0v) is 16.2. The van der Waals surface area contributed by atoms with E-state index in [0.29, 0.717) is 17.2 Å². The number of nitrogens with zero attached hydrogens (tertiary/aromatic N) is 1. The number of Topliss-reactive ketones (excluding diaryl/α,β-unsaturated/α-hetero) is 1. The van der Waals surface area contributed by atoms with Crippen molar-refractivity contribution in [2.45, 2.75) is 32.6 Å². The summed E-state index contributed by atoms with van der Waals surface area (Å²) in [5.74, 6) is 1.48. The molecule has 1 N–H and O–H groups in total. The minimum absolute atomic E-state index is 0. The van der Waals surface area contributed by atoms with Crippen LogP contribution in [0.2, 0.25) is 0 Å². The van der Waals surface area contributed by atoms with Crippen LogP contribution in [0.3, 0.4) is 0 Å². The smallest absolute Gasteiger partial charge is 0.227 e. The molecular formula is C19H29ClN2O3. The third-order valence-corrected chi connectivity index (χ3v) is 4.80. The molecule has 1 saturated heterocycles. The van der Waals surface area contributed by atoms with Crippen LogP contribution in [0.25, 0.3) is 0 Å². The zero-order chi connectivity index (χ0) is 17.5. The van der Waals surface area contributed by atoms with E-state index >= 15 is 0 Å². The van der Waals surface area contributed by atoms with Gasteiger partial charge in [0, 0.05) is 24.2 Å². The number of hydrogen-bond acceptors (Lipinski definition) is 4. The van der Waals surface area contributed by atoms with Gasteiger partial charge in [-0.25, -0.2) is 0 Å². The van der Waals surface area contributed by atoms with Crippen molar-refractivity contribution in [1.29, 1.82) is 0 Å². The molecule has 25 heavy (non-hydrogen) atoms. The quantitative estimate of drug-likeness (QED) is 0.752. The second-order valence-corrected chi connectivity index (χ2v) is 6.48. The van der Waals surface area contributed by atoms with Gasteiger partial charge in [-0.3, -0.25) is 9.59 Å². The molecule has 1 aromatic rings. The fraction of sp³-hybridized carbons (Fsp3) is 0.579. The summed E-state index contributed by atoms with van der Waals surface area (Å²) >= 11 is 0. The monoisotopic (exact) mass is 368 g/mol. The number of benzene rings is 1. The number of ether oxygens (including phenoxy) is 1. The highest BCUT2D eigenvalue weighted by Gasteiger charge is 2.23. The van der Waals surface area contributed by atoms with E-state index in [1.54, 1.807) is 25.3 Å². The first kappa shape index (κ1) is 21.5. The molecule has 5 nitrogen and oxygen atoms in total. The Morgan fingerprint density at radius 1 is 1.28 bits per heavy atom. The fourth-order valence-electron chi connectivity index (χ4n) is 3.23. The predicted octanol–water partition coefficient (Wildman–Crippen LogP) is 2.71. The Labute approximate surface area is 156 Å². The lowest BCUT2D eigenvalue weighted by Gasteiger charge is -2.32. The molecule has 0 unspecified atom stereocenters. The van der Waals surface area contributed by atoms with E-state index in [2.05, 4.69) is 5.32 Å². The fourth-order valence-corrected chi connectivity index (χ4v) is 3.23. The molecule has 2 rings (SSSR count). The van der Waals surface area contributed by atoms with Gasteiger partial charge >= 0.3 is 0 Å². The first-order valence-corrected chi connectivity index (χ1v) is 8.65. The maximum absolute atomic E-state index is 12.6. The highest BCUT2D eigenvalue weighted by Crippen LogP contribution is 2.24. The minimum Gasteiger partial charge on any atom is -0.496 e. The molecule has 0 bridgehead atoms. The summed E-state index contributed by atoms with van der Waals surface area (Å²) in [5.41, 5.74) is 1.40. The summed E-state index contributed by atoms with van der Waals surface area (Å²) in [6.45, 7) is 4.21. The Bertz CT molecular complexity index is 584. The van der Waals surface area contributed by atoms with Crippen LogP contribution in [-0.2, 0) is 11.2 Å². The van der Waals surface area contributed by atoms with Crippen molar-refractivity contribution < 1.29 is 14.3 Å². The van der Waals surface area contributed by atoms with Crippen molar-refractivity contribution in [2.75, 3.05) is 33.8 Å². The molecule has 6 heteroatoms. The number of hydrogen-bond donors (Lipinski definition) is 1. The van der Waals surface area contributed by atoms with E-state index in [9.17, 15) is 9.59 Å². The molecule has 1 fully saturated rings. The van der Waals surface area contributed by atoms with Gasteiger partial charge in [0.05, 0.1) is 13.5 Å². The standard InChI is InChI=1S/C19H28N2O3.ClH/c1-14(22)16-4-5-18(24-3)17(12-16)13-19(23)21-10-7-15(8-11-21)6-9-20-2;/h4-5,12,15,20H,6-11,13H2,1-3H3;1H. The number of ketones is 1. The number of halogens is 1. The second-order valence-electron chi connectivity index (χ2n) is 6.48. The zero-order valence-electron chi connectivity index (χ0n) is 15.3. The van der Waals surface area contributed by atoms with E-state index in [1.807, 2.05) is 11.9 Å². The van der Waals surface area contributed by atoms with E-state index < -0.39 is 0 Å². The number of piperidine rings is 1. The highest BCUT2D eigenvalue weighted by atomic mass is 35.5. The average molecular weight is 369 g/mol. The van der Waals surface area contributed by atoms with Crippen LogP contribution in [0.5, 0.6) is 5.75 Å². The number of rotatable bonds is 7. The van der Waals surface area contributed by atoms with Crippen LogP contribution >= 0.6 is 12.4 Å². The van der Waals surface area contributed by atoms with Gasteiger partial charge in [0.15, 0.2) is 5.78 Å². The van der Waals surface area contributed by atoms with E-state index in [0.717, 1.165) is 38.0 Å². The van der Waals surface area contributed by atoms with Crippen LogP contribution in [0.1, 0.15) is 42.1 Å². The molecular weight excluding hydrogens is 340 g/mol. The third-order valence-electron chi connectivity index (χ3n) is 4.80. The number of carbonyl (C=O) groups excluding carboxylic acids is 2. The number of methoxy groups -OCH3 is 1. The molecule has 0 aliphatic carbocycles. The SMILES string of the molecule is CNCCC1CCN(C(=O)Cc2cc(C(C)=O)ccc2OC)CC1.Cl. The Morgan fingerprint density at radius 2 is 1.96 bits per heavy atom. The molecule has 1 aliphatic heterocycles. The molecule has 1 aliphatic rings. The molecule has 0 atom stereocenters. The Morgan fingerprint density at radius 3 is 2.52 bits per heavy atom. The molecule has 1 aromatic carbocycles. The molecule has 0 aromatic heterocycles. The molecule has 0 saturated carbocycles. The van der Waals surface area contributed by atoms with Gasteiger partial charge in [-0.15, -0.1) is 12.4 Å².